The molecule has 0 spiro atoms. The van der Waals surface area contributed by atoms with Gasteiger partial charge in [-0.2, -0.15) is 13.2 Å². The first kappa shape index (κ1) is 14.0. The maximum atomic E-state index is 11.6. The summed E-state index contributed by atoms with van der Waals surface area (Å²) < 4.78 is 34.9. The van der Waals surface area contributed by atoms with Crippen LogP contribution < -0.4 is 16.0 Å². The van der Waals surface area contributed by atoms with Crippen molar-refractivity contribution in [1.82, 2.24) is 16.0 Å². The van der Waals surface area contributed by atoms with E-state index in [-0.39, 0.29) is 0 Å². The highest BCUT2D eigenvalue weighted by atomic mass is 19.4. The summed E-state index contributed by atoms with van der Waals surface area (Å²) in [6.45, 7) is 2.38. The van der Waals surface area contributed by atoms with E-state index < -0.39 is 18.8 Å². The van der Waals surface area contributed by atoms with Crippen molar-refractivity contribution in [3.05, 3.63) is 0 Å². The van der Waals surface area contributed by atoms with E-state index in [0.29, 0.717) is 13.1 Å². The van der Waals surface area contributed by atoms with Gasteiger partial charge in [-0.05, 0) is 13.0 Å². The second kappa shape index (κ2) is 7.33. The van der Waals surface area contributed by atoms with Gasteiger partial charge in [0.05, 0.1) is 0 Å². The summed E-state index contributed by atoms with van der Waals surface area (Å²) in [5, 5.41) is 7.01. The molecule has 0 aliphatic rings. The first-order chi connectivity index (χ1) is 6.95. The average molecular weight is 227 g/mol. The number of urea groups is 1. The molecule has 0 atom stereocenters. The molecule has 90 valence electrons. The zero-order valence-electron chi connectivity index (χ0n) is 8.58. The molecule has 0 saturated carbocycles. The van der Waals surface area contributed by atoms with Gasteiger partial charge in [0.2, 0.25) is 0 Å². The van der Waals surface area contributed by atoms with Crippen LogP contribution in [0.3, 0.4) is 0 Å². The molecule has 15 heavy (non-hydrogen) atoms. The highest BCUT2D eigenvalue weighted by Crippen LogP contribution is 2.11. The summed E-state index contributed by atoms with van der Waals surface area (Å²) in [6.07, 6.45) is -3.39. The third-order valence-electron chi connectivity index (χ3n) is 1.46. The van der Waals surface area contributed by atoms with E-state index in [2.05, 4.69) is 10.6 Å². The van der Waals surface area contributed by atoms with Crippen LogP contribution in [-0.2, 0) is 0 Å². The highest BCUT2D eigenvalue weighted by Gasteiger charge is 2.27. The number of alkyl halides is 3. The van der Waals surface area contributed by atoms with Crippen molar-refractivity contribution in [3.8, 4) is 0 Å². The van der Waals surface area contributed by atoms with Gasteiger partial charge in [-0.15, -0.1) is 0 Å². The summed E-state index contributed by atoms with van der Waals surface area (Å²) in [7, 11) is 0. The lowest BCUT2D eigenvalue weighted by atomic mass is 10.5. The van der Waals surface area contributed by atoms with Gasteiger partial charge in [0.1, 0.15) is 6.54 Å². The molecule has 0 rings (SSSR count). The van der Waals surface area contributed by atoms with Crippen LogP contribution in [0.4, 0.5) is 18.0 Å². The third-order valence-corrected chi connectivity index (χ3v) is 1.46. The molecule has 0 bridgehead atoms. The van der Waals surface area contributed by atoms with Crippen LogP contribution >= 0.6 is 0 Å². The minimum atomic E-state index is -4.36. The molecule has 0 aromatic heterocycles. The Balaban J connectivity index is 3.34. The van der Waals surface area contributed by atoms with Gasteiger partial charge in [-0.25, -0.2) is 4.79 Å². The zero-order chi connectivity index (χ0) is 11.7. The Morgan fingerprint density at radius 1 is 1.13 bits per heavy atom. The van der Waals surface area contributed by atoms with Crippen LogP contribution in [0.5, 0.6) is 0 Å². The fourth-order valence-electron chi connectivity index (χ4n) is 0.809. The molecule has 2 amide bonds. The second-order valence-electron chi connectivity index (χ2n) is 2.97. The number of amides is 2. The lowest BCUT2D eigenvalue weighted by Crippen LogP contribution is -2.42. The van der Waals surface area contributed by atoms with Gasteiger partial charge in [-0.3, -0.25) is 0 Å². The van der Waals surface area contributed by atoms with E-state index >= 15 is 0 Å². The van der Waals surface area contributed by atoms with Crippen molar-refractivity contribution in [3.63, 3.8) is 0 Å². The lowest BCUT2D eigenvalue weighted by molar-refractivity contribution is -0.122. The maximum absolute atomic E-state index is 11.6. The van der Waals surface area contributed by atoms with Crippen LogP contribution in [0.15, 0.2) is 0 Å². The zero-order valence-corrected chi connectivity index (χ0v) is 8.58. The SMILES string of the molecule is CCCNCCNC(=O)NCC(F)(F)F. The number of carbonyl (C=O) groups is 1. The molecule has 0 aromatic carbocycles. The Bertz CT molecular complexity index is 184. The van der Waals surface area contributed by atoms with E-state index in [4.69, 9.17) is 0 Å². The van der Waals surface area contributed by atoms with Gasteiger partial charge < -0.3 is 16.0 Å². The number of nitrogens with one attached hydrogen (secondary N) is 3. The number of carbonyl (C=O) groups excluding carboxylic acids is 1. The summed E-state index contributed by atoms with van der Waals surface area (Å²) in [5.74, 6) is 0. The Hall–Kier alpha value is -0.980. The van der Waals surface area contributed by atoms with Crippen LogP contribution in [0.25, 0.3) is 0 Å². The monoisotopic (exact) mass is 227 g/mol. The number of rotatable bonds is 6. The Morgan fingerprint density at radius 3 is 2.33 bits per heavy atom. The molecule has 0 aromatic rings. The molecule has 7 heteroatoms. The Kier molecular flexibility index (Phi) is 6.85. The summed E-state index contributed by atoms with van der Waals surface area (Å²) in [6, 6.07) is -0.800. The number of hydrogen-bond donors (Lipinski definition) is 3. The number of halogens is 3. The van der Waals surface area contributed by atoms with Crippen molar-refractivity contribution in [2.45, 2.75) is 19.5 Å². The van der Waals surface area contributed by atoms with Crippen molar-refractivity contribution in [2.75, 3.05) is 26.2 Å². The summed E-state index contributed by atoms with van der Waals surface area (Å²) >= 11 is 0. The fourth-order valence-corrected chi connectivity index (χ4v) is 0.809. The van der Waals surface area contributed by atoms with Gasteiger partial charge in [0.25, 0.3) is 0 Å². The molecule has 0 unspecified atom stereocenters. The molecule has 0 aliphatic heterocycles. The fraction of sp³-hybridized carbons (Fsp3) is 0.875. The van der Waals surface area contributed by atoms with E-state index in [9.17, 15) is 18.0 Å². The third kappa shape index (κ3) is 10.9. The molecular formula is C8H16F3N3O. The quantitative estimate of drug-likeness (QED) is 0.589. The van der Waals surface area contributed by atoms with Gasteiger partial charge >= 0.3 is 12.2 Å². The lowest BCUT2D eigenvalue weighted by Gasteiger charge is -2.09. The molecular weight excluding hydrogens is 211 g/mol. The number of hydrogen-bond acceptors (Lipinski definition) is 2. The van der Waals surface area contributed by atoms with Crippen LogP contribution in [-0.4, -0.2) is 38.4 Å². The van der Waals surface area contributed by atoms with Crippen molar-refractivity contribution < 1.29 is 18.0 Å². The first-order valence-corrected chi connectivity index (χ1v) is 4.75. The Morgan fingerprint density at radius 2 is 1.80 bits per heavy atom. The normalized spacial score (nSPS) is 11.2. The predicted octanol–water partition coefficient (Wildman–Crippen LogP) is 0.847. The smallest absolute Gasteiger partial charge is 0.337 e. The average Bonchev–Trinajstić information content (AvgIpc) is 2.13. The van der Waals surface area contributed by atoms with Crippen LogP contribution in [0, 0.1) is 0 Å². The molecule has 0 heterocycles. The topological polar surface area (TPSA) is 53.2 Å². The molecule has 4 nitrogen and oxygen atoms in total. The van der Waals surface area contributed by atoms with Crippen LogP contribution in [0.1, 0.15) is 13.3 Å². The Labute approximate surface area is 86.6 Å². The van der Waals surface area contributed by atoms with Crippen LogP contribution in [0.2, 0.25) is 0 Å². The first-order valence-electron chi connectivity index (χ1n) is 4.75. The minimum absolute atomic E-state index is 0.309. The molecule has 0 aliphatic carbocycles. The maximum Gasteiger partial charge on any atom is 0.405 e. The molecule has 0 radical (unpaired) electrons. The highest BCUT2D eigenvalue weighted by molar-refractivity contribution is 5.73. The summed E-state index contributed by atoms with van der Waals surface area (Å²) in [4.78, 5) is 10.8. The van der Waals surface area contributed by atoms with E-state index in [1.807, 2.05) is 6.92 Å². The standard InChI is InChI=1S/C8H16F3N3O/c1-2-3-12-4-5-13-7(15)14-6-8(9,10)11/h12H,2-6H2,1H3,(H2,13,14,15). The van der Waals surface area contributed by atoms with E-state index in [1.165, 1.54) is 0 Å². The van der Waals surface area contributed by atoms with Crippen molar-refractivity contribution >= 4 is 6.03 Å². The van der Waals surface area contributed by atoms with Crippen molar-refractivity contribution in [2.24, 2.45) is 0 Å². The predicted molar refractivity (Wildman–Crippen MR) is 50.6 cm³/mol. The minimum Gasteiger partial charge on any atom is -0.337 e. The second-order valence-corrected chi connectivity index (χ2v) is 2.97. The van der Waals surface area contributed by atoms with E-state index in [0.717, 1.165) is 13.0 Å². The molecule has 3 N–H and O–H groups in total. The van der Waals surface area contributed by atoms with Gasteiger partial charge in [0, 0.05) is 13.1 Å². The largest absolute Gasteiger partial charge is 0.405 e. The van der Waals surface area contributed by atoms with Gasteiger partial charge in [-0.1, -0.05) is 6.92 Å². The molecule has 0 fully saturated rings. The summed E-state index contributed by atoms with van der Waals surface area (Å²) in [5.41, 5.74) is 0. The van der Waals surface area contributed by atoms with E-state index in [1.54, 1.807) is 5.32 Å². The van der Waals surface area contributed by atoms with Crippen molar-refractivity contribution in [1.29, 1.82) is 0 Å². The molecule has 0 saturated heterocycles. The van der Waals surface area contributed by atoms with Gasteiger partial charge in [0.15, 0.2) is 0 Å².